The Bertz CT molecular complexity index is 566. The fourth-order valence-electron chi connectivity index (χ4n) is 1.72. The van der Waals surface area contributed by atoms with E-state index >= 15 is 0 Å². The third-order valence-electron chi connectivity index (χ3n) is 2.76. The van der Waals surface area contributed by atoms with Crippen LogP contribution in [0.25, 0.3) is 0 Å². The summed E-state index contributed by atoms with van der Waals surface area (Å²) in [6.07, 6.45) is 3.30. The first kappa shape index (κ1) is 13.8. The Morgan fingerprint density at radius 2 is 2.05 bits per heavy atom. The summed E-state index contributed by atoms with van der Waals surface area (Å²) >= 11 is 0. The summed E-state index contributed by atoms with van der Waals surface area (Å²) in [6.45, 7) is 0.327. The summed E-state index contributed by atoms with van der Waals surface area (Å²) in [5.41, 5.74) is 0.564. The maximum Gasteiger partial charge on any atom is 0.254 e. The molecule has 0 atom stereocenters. The summed E-state index contributed by atoms with van der Waals surface area (Å²) in [6, 6.07) is 8.86. The van der Waals surface area contributed by atoms with Crippen LogP contribution in [0.3, 0.4) is 0 Å². The lowest BCUT2D eigenvalue weighted by atomic mass is 10.2. The molecule has 0 unspecified atom stereocenters. The maximum absolute atomic E-state index is 12.0. The molecule has 0 aliphatic carbocycles. The summed E-state index contributed by atoms with van der Waals surface area (Å²) < 4.78 is 0. The van der Waals surface area contributed by atoms with Gasteiger partial charge in [-0.1, -0.05) is 18.2 Å². The number of rotatable bonds is 5. The summed E-state index contributed by atoms with van der Waals surface area (Å²) in [7, 11) is 1.60. The minimum absolute atomic E-state index is 0.00837. The molecule has 0 radical (unpaired) electrons. The molecule has 0 saturated heterocycles. The fourth-order valence-corrected chi connectivity index (χ4v) is 1.72. The minimum atomic E-state index is -0.229. The molecule has 2 N–H and O–H groups in total. The van der Waals surface area contributed by atoms with Gasteiger partial charge < -0.3 is 15.2 Å². The van der Waals surface area contributed by atoms with Crippen LogP contribution < -0.4 is 5.32 Å². The third kappa shape index (κ3) is 3.68. The standard InChI is InChI=1S/C14H16N4O2/c1-18(14(20)11-5-3-2-4-6-11)10-13(19)17-9-12-15-7-8-16-12/h2-8H,9-10H2,1H3,(H,15,16)(H,17,19). The van der Waals surface area contributed by atoms with E-state index in [2.05, 4.69) is 15.3 Å². The van der Waals surface area contributed by atoms with Crippen molar-refractivity contribution in [2.75, 3.05) is 13.6 Å². The summed E-state index contributed by atoms with van der Waals surface area (Å²) in [4.78, 5) is 32.0. The molecule has 1 aromatic heterocycles. The molecule has 0 fully saturated rings. The van der Waals surface area contributed by atoms with Gasteiger partial charge in [0, 0.05) is 25.0 Å². The van der Waals surface area contributed by atoms with Crippen molar-refractivity contribution in [2.45, 2.75) is 6.54 Å². The first-order valence-corrected chi connectivity index (χ1v) is 6.22. The van der Waals surface area contributed by atoms with E-state index in [0.29, 0.717) is 17.9 Å². The van der Waals surface area contributed by atoms with Crippen LogP contribution >= 0.6 is 0 Å². The third-order valence-corrected chi connectivity index (χ3v) is 2.76. The van der Waals surface area contributed by atoms with Gasteiger partial charge in [0.25, 0.3) is 5.91 Å². The molecule has 0 aliphatic rings. The van der Waals surface area contributed by atoms with Crippen molar-refractivity contribution in [3.05, 3.63) is 54.1 Å². The Hall–Kier alpha value is -2.63. The molecule has 104 valence electrons. The Kier molecular flexibility index (Phi) is 4.49. The lowest BCUT2D eigenvalue weighted by Gasteiger charge is -2.16. The molecule has 0 bridgehead atoms. The number of nitrogens with zero attached hydrogens (tertiary/aromatic N) is 2. The second-order valence-electron chi connectivity index (χ2n) is 4.34. The van der Waals surface area contributed by atoms with Crippen molar-refractivity contribution in [1.82, 2.24) is 20.2 Å². The molecule has 1 aromatic carbocycles. The summed E-state index contributed by atoms with van der Waals surface area (Å²) in [5, 5.41) is 2.70. The number of H-pyrrole nitrogens is 1. The number of carbonyl (C=O) groups is 2. The first-order valence-electron chi connectivity index (χ1n) is 6.22. The second kappa shape index (κ2) is 6.51. The van der Waals surface area contributed by atoms with Gasteiger partial charge in [-0.3, -0.25) is 9.59 Å². The lowest BCUT2D eigenvalue weighted by Crippen LogP contribution is -2.38. The van der Waals surface area contributed by atoms with Gasteiger partial charge in [0.15, 0.2) is 0 Å². The van der Waals surface area contributed by atoms with E-state index in [1.165, 1.54) is 4.90 Å². The monoisotopic (exact) mass is 272 g/mol. The largest absolute Gasteiger partial charge is 0.347 e. The molecule has 2 rings (SSSR count). The number of nitrogens with one attached hydrogen (secondary N) is 2. The lowest BCUT2D eigenvalue weighted by molar-refractivity contribution is -0.121. The molecule has 6 heteroatoms. The Balaban J connectivity index is 1.83. The molecule has 6 nitrogen and oxygen atoms in total. The van der Waals surface area contributed by atoms with Gasteiger partial charge in [-0.2, -0.15) is 0 Å². The van der Waals surface area contributed by atoms with E-state index in [0.717, 1.165) is 0 Å². The zero-order chi connectivity index (χ0) is 14.4. The van der Waals surface area contributed by atoms with Crippen LogP contribution in [0.1, 0.15) is 16.2 Å². The molecule has 2 amide bonds. The van der Waals surface area contributed by atoms with Crippen LogP contribution in [0.4, 0.5) is 0 Å². The van der Waals surface area contributed by atoms with E-state index in [1.54, 1.807) is 43.7 Å². The Morgan fingerprint density at radius 3 is 2.70 bits per heavy atom. The van der Waals surface area contributed by atoms with Crippen LogP contribution in [-0.4, -0.2) is 40.3 Å². The number of carbonyl (C=O) groups excluding carboxylic acids is 2. The van der Waals surface area contributed by atoms with Gasteiger partial charge in [-0.25, -0.2) is 4.98 Å². The predicted octanol–water partition coefficient (Wildman–Crippen LogP) is 0.798. The normalized spacial score (nSPS) is 10.1. The van der Waals surface area contributed by atoms with Gasteiger partial charge in [-0.15, -0.1) is 0 Å². The molecular formula is C14H16N4O2. The molecule has 0 saturated carbocycles. The maximum atomic E-state index is 12.0. The quantitative estimate of drug-likeness (QED) is 0.845. The van der Waals surface area contributed by atoms with Crippen LogP contribution in [0.2, 0.25) is 0 Å². The van der Waals surface area contributed by atoms with Gasteiger partial charge in [0.1, 0.15) is 5.82 Å². The highest BCUT2D eigenvalue weighted by Crippen LogP contribution is 2.02. The van der Waals surface area contributed by atoms with Gasteiger partial charge in [0.2, 0.25) is 5.91 Å². The van der Waals surface area contributed by atoms with Gasteiger partial charge in [0.05, 0.1) is 13.1 Å². The van der Waals surface area contributed by atoms with E-state index in [4.69, 9.17) is 0 Å². The number of aromatic nitrogens is 2. The Morgan fingerprint density at radius 1 is 1.30 bits per heavy atom. The minimum Gasteiger partial charge on any atom is -0.347 e. The van der Waals surface area contributed by atoms with Crippen molar-refractivity contribution in [2.24, 2.45) is 0 Å². The van der Waals surface area contributed by atoms with Crippen LogP contribution in [0.5, 0.6) is 0 Å². The van der Waals surface area contributed by atoms with Gasteiger partial charge in [-0.05, 0) is 12.1 Å². The second-order valence-corrected chi connectivity index (χ2v) is 4.34. The van der Waals surface area contributed by atoms with E-state index < -0.39 is 0 Å². The zero-order valence-corrected chi connectivity index (χ0v) is 11.2. The Labute approximate surface area is 116 Å². The predicted molar refractivity (Wildman–Crippen MR) is 73.8 cm³/mol. The van der Waals surface area contributed by atoms with Crippen molar-refractivity contribution in [3.63, 3.8) is 0 Å². The van der Waals surface area contributed by atoms with Crippen LogP contribution in [0.15, 0.2) is 42.7 Å². The molecule has 0 spiro atoms. The smallest absolute Gasteiger partial charge is 0.254 e. The fraction of sp³-hybridized carbons (Fsp3) is 0.214. The van der Waals surface area contributed by atoms with Gasteiger partial charge >= 0.3 is 0 Å². The van der Waals surface area contributed by atoms with Crippen molar-refractivity contribution < 1.29 is 9.59 Å². The highest BCUT2D eigenvalue weighted by molar-refractivity contribution is 5.96. The topological polar surface area (TPSA) is 78.1 Å². The van der Waals surface area contributed by atoms with Crippen molar-refractivity contribution >= 4 is 11.8 Å². The van der Waals surface area contributed by atoms with Crippen molar-refractivity contribution in [3.8, 4) is 0 Å². The number of amides is 2. The number of hydrogen-bond donors (Lipinski definition) is 2. The average Bonchev–Trinajstić information content (AvgIpc) is 2.98. The zero-order valence-electron chi connectivity index (χ0n) is 11.2. The molecular weight excluding hydrogens is 256 g/mol. The number of imidazole rings is 1. The number of hydrogen-bond acceptors (Lipinski definition) is 3. The highest BCUT2D eigenvalue weighted by atomic mass is 16.2. The van der Waals surface area contributed by atoms with Crippen molar-refractivity contribution in [1.29, 1.82) is 0 Å². The van der Waals surface area contributed by atoms with Crippen LogP contribution in [-0.2, 0) is 11.3 Å². The molecule has 20 heavy (non-hydrogen) atoms. The number of aromatic amines is 1. The molecule has 2 aromatic rings. The number of benzene rings is 1. The van der Waals surface area contributed by atoms with E-state index in [9.17, 15) is 9.59 Å². The highest BCUT2D eigenvalue weighted by Gasteiger charge is 2.14. The SMILES string of the molecule is CN(CC(=O)NCc1ncc[nH]1)C(=O)c1ccccc1. The number of likely N-dealkylation sites (N-methyl/N-ethyl adjacent to an activating group) is 1. The molecule has 0 aliphatic heterocycles. The van der Waals surface area contributed by atoms with Crippen LogP contribution in [0, 0.1) is 0 Å². The average molecular weight is 272 g/mol. The van der Waals surface area contributed by atoms with E-state index in [1.807, 2.05) is 6.07 Å². The van der Waals surface area contributed by atoms with E-state index in [-0.39, 0.29) is 18.4 Å². The summed E-state index contributed by atoms with van der Waals surface area (Å²) in [5.74, 6) is 0.266. The molecule has 1 heterocycles. The first-order chi connectivity index (χ1) is 9.66.